The number of nitrogens with one attached hydrogen (secondary N) is 2. The fourth-order valence-electron chi connectivity index (χ4n) is 1.26. The zero-order valence-electron chi connectivity index (χ0n) is 10.5. The van der Waals surface area contributed by atoms with E-state index in [1.807, 2.05) is 13.0 Å². The Morgan fingerprint density at radius 2 is 2.22 bits per heavy atom. The molecule has 0 radical (unpaired) electrons. The van der Waals surface area contributed by atoms with Crippen LogP contribution in [-0.4, -0.2) is 38.5 Å². The average molecular weight is 288 g/mol. The highest BCUT2D eigenvalue weighted by molar-refractivity contribution is 7.80. The molecule has 0 aromatic carbocycles. The van der Waals surface area contributed by atoms with E-state index in [0.29, 0.717) is 23.1 Å². The molecular weight excluding hydrogens is 272 g/mol. The molecule has 0 aliphatic carbocycles. The average Bonchev–Trinajstić information content (AvgIpc) is 2.69. The van der Waals surface area contributed by atoms with Crippen LogP contribution in [0.2, 0.25) is 0 Å². The van der Waals surface area contributed by atoms with Gasteiger partial charge in [0.15, 0.2) is 5.11 Å². The number of hydrogen-bond donors (Lipinski definition) is 2. The highest BCUT2D eigenvalue weighted by atomic mass is 32.1. The highest BCUT2D eigenvalue weighted by Gasteiger charge is 2.14. The van der Waals surface area contributed by atoms with Crippen LogP contribution < -0.4 is 10.6 Å². The molecule has 0 aliphatic rings. The molecule has 0 fully saturated rings. The molecule has 0 atom stereocenters. The molecule has 1 aromatic heterocycles. The molecule has 0 aliphatic heterocycles. The molecule has 1 rings (SSSR count). The summed E-state index contributed by atoms with van der Waals surface area (Å²) in [5.74, 6) is -0.330. The van der Waals surface area contributed by atoms with Gasteiger partial charge >= 0.3 is 5.97 Å². The van der Waals surface area contributed by atoms with E-state index in [-0.39, 0.29) is 5.97 Å². The van der Waals surface area contributed by atoms with Gasteiger partial charge in [-0.15, -0.1) is 11.3 Å². The first-order valence-electron chi connectivity index (χ1n) is 5.31. The van der Waals surface area contributed by atoms with Gasteiger partial charge in [0.2, 0.25) is 0 Å². The maximum Gasteiger partial charge on any atom is 0.348 e. The standard InChI is InChI=1S/C11H16N2O3S2/c1-7-6-8(18-9(7)10(14)16-3)13-11(17)12-4-5-15-2/h6H,4-5H2,1-3H3,(H2,12,13,17). The number of aryl methyl sites for hydroxylation is 1. The summed E-state index contributed by atoms with van der Waals surface area (Å²) in [5.41, 5.74) is 0.869. The second-order valence-corrected chi connectivity index (χ2v) is 4.95. The molecule has 1 aromatic rings. The number of ether oxygens (including phenoxy) is 2. The largest absolute Gasteiger partial charge is 0.465 e. The highest BCUT2D eigenvalue weighted by Crippen LogP contribution is 2.27. The zero-order chi connectivity index (χ0) is 13.5. The monoisotopic (exact) mass is 288 g/mol. The predicted octanol–water partition coefficient (Wildman–Crippen LogP) is 1.78. The molecule has 100 valence electrons. The van der Waals surface area contributed by atoms with Crippen molar-refractivity contribution in [1.82, 2.24) is 5.32 Å². The lowest BCUT2D eigenvalue weighted by Gasteiger charge is -2.07. The van der Waals surface area contributed by atoms with Gasteiger partial charge in [-0.1, -0.05) is 0 Å². The normalized spacial score (nSPS) is 9.94. The number of esters is 1. The maximum atomic E-state index is 11.4. The van der Waals surface area contributed by atoms with Crippen LogP contribution in [0.3, 0.4) is 0 Å². The Bertz CT molecular complexity index is 432. The summed E-state index contributed by atoms with van der Waals surface area (Å²) < 4.78 is 9.60. The van der Waals surface area contributed by atoms with Gasteiger partial charge in [-0.05, 0) is 30.8 Å². The summed E-state index contributed by atoms with van der Waals surface area (Å²) in [6, 6.07) is 1.86. The molecule has 0 bridgehead atoms. The summed E-state index contributed by atoms with van der Waals surface area (Å²) in [7, 11) is 2.99. The Balaban J connectivity index is 2.57. The van der Waals surface area contributed by atoms with Crippen LogP contribution in [0.25, 0.3) is 0 Å². The topological polar surface area (TPSA) is 59.6 Å². The number of carbonyl (C=O) groups excluding carboxylic acids is 1. The first-order chi connectivity index (χ1) is 8.58. The van der Waals surface area contributed by atoms with Crippen LogP contribution >= 0.6 is 23.6 Å². The quantitative estimate of drug-likeness (QED) is 0.489. The van der Waals surface area contributed by atoms with Gasteiger partial charge in [-0.2, -0.15) is 0 Å². The van der Waals surface area contributed by atoms with Crippen molar-refractivity contribution in [1.29, 1.82) is 0 Å². The molecular formula is C11H16N2O3S2. The molecule has 1 heterocycles. The van der Waals surface area contributed by atoms with E-state index < -0.39 is 0 Å². The summed E-state index contributed by atoms with van der Waals surface area (Å²) in [5, 5.41) is 7.32. The fraction of sp³-hybridized carbons (Fsp3) is 0.455. The molecule has 7 heteroatoms. The lowest BCUT2D eigenvalue weighted by Crippen LogP contribution is -2.30. The minimum absolute atomic E-state index is 0.330. The zero-order valence-corrected chi connectivity index (χ0v) is 12.2. The van der Waals surface area contributed by atoms with Crippen molar-refractivity contribution in [2.75, 3.05) is 32.7 Å². The summed E-state index contributed by atoms with van der Waals surface area (Å²) in [4.78, 5) is 12.0. The van der Waals surface area contributed by atoms with Crippen LogP contribution in [0.4, 0.5) is 5.00 Å². The second kappa shape index (κ2) is 7.30. The van der Waals surface area contributed by atoms with E-state index in [1.165, 1.54) is 18.4 Å². The lowest BCUT2D eigenvalue weighted by molar-refractivity contribution is 0.0605. The van der Waals surface area contributed by atoms with Crippen molar-refractivity contribution >= 4 is 39.6 Å². The Labute approximate surface area is 115 Å². The van der Waals surface area contributed by atoms with Crippen molar-refractivity contribution in [3.63, 3.8) is 0 Å². The van der Waals surface area contributed by atoms with E-state index >= 15 is 0 Å². The van der Waals surface area contributed by atoms with E-state index in [0.717, 1.165) is 10.6 Å². The summed E-state index contributed by atoms with van der Waals surface area (Å²) in [6.07, 6.45) is 0. The number of rotatable bonds is 5. The van der Waals surface area contributed by atoms with Crippen LogP contribution in [-0.2, 0) is 9.47 Å². The van der Waals surface area contributed by atoms with Gasteiger partial charge in [-0.3, -0.25) is 0 Å². The molecule has 18 heavy (non-hydrogen) atoms. The van der Waals surface area contributed by atoms with Gasteiger partial charge in [0, 0.05) is 13.7 Å². The first kappa shape index (κ1) is 14.9. The van der Waals surface area contributed by atoms with Crippen molar-refractivity contribution in [2.45, 2.75) is 6.92 Å². The third-order valence-corrected chi connectivity index (χ3v) is 3.50. The molecule has 5 nitrogen and oxygen atoms in total. The van der Waals surface area contributed by atoms with Crippen molar-refractivity contribution in [2.24, 2.45) is 0 Å². The van der Waals surface area contributed by atoms with Crippen molar-refractivity contribution in [3.8, 4) is 0 Å². The lowest BCUT2D eigenvalue weighted by atomic mass is 10.3. The van der Waals surface area contributed by atoms with Gasteiger partial charge in [0.05, 0.1) is 18.7 Å². The minimum atomic E-state index is -0.330. The van der Waals surface area contributed by atoms with Gasteiger partial charge in [-0.25, -0.2) is 4.79 Å². The maximum absolute atomic E-state index is 11.4. The Hall–Kier alpha value is -1.18. The Morgan fingerprint density at radius 1 is 1.50 bits per heavy atom. The fourth-order valence-corrected chi connectivity index (χ4v) is 2.53. The number of thiocarbonyl (C=S) groups is 1. The minimum Gasteiger partial charge on any atom is -0.465 e. The van der Waals surface area contributed by atoms with Crippen LogP contribution in [0, 0.1) is 6.92 Å². The second-order valence-electron chi connectivity index (χ2n) is 3.49. The molecule has 2 N–H and O–H groups in total. The van der Waals surface area contributed by atoms with Gasteiger partial charge in [0.1, 0.15) is 4.88 Å². The summed E-state index contributed by atoms with van der Waals surface area (Å²) >= 11 is 6.42. The molecule has 0 saturated carbocycles. The third kappa shape index (κ3) is 4.25. The van der Waals surface area contributed by atoms with Crippen LogP contribution in [0.5, 0.6) is 0 Å². The Morgan fingerprint density at radius 3 is 2.83 bits per heavy atom. The van der Waals surface area contributed by atoms with Crippen molar-refractivity contribution < 1.29 is 14.3 Å². The number of methoxy groups -OCH3 is 2. The molecule has 0 unspecified atom stereocenters. The van der Waals surface area contributed by atoms with E-state index in [1.54, 1.807) is 7.11 Å². The van der Waals surface area contributed by atoms with Crippen LogP contribution in [0.15, 0.2) is 6.07 Å². The van der Waals surface area contributed by atoms with Gasteiger partial charge in [0.25, 0.3) is 0 Å². The summed E-state index contributed by atoms with van der Waals surface area (Å²) in [6.45, 7) is 3.07. The smallest absolute Gasteiger partial charge is 0.348 e. The molecule has 0 saturated heterocycles. The predicted molar refractivity (Wildman–Crippen MR) is 76.5 cm³/mol. The molecule has 0 amide bonds. The number of hydrogen-bond acceptors (Lipinski definition) is 5. The Kier molecular flexibility index (Phi) is 6.03. The van der Waals surface area contributed by atoms with Gasteiger partial charge < -0.3 is 20.1 Å². The van der Waals surface area contributed by atoms with E-state index in [4.69, 9.17) is 21.7 Å². The van der Waals surface area contributed by atoms with Crippen LogP contribution in [0.1, 0.15) is 15.2 Å². The number of anilines is 1. The van der Waals surface area contributed by atoms with Crippen molar-refractivity contribution in [3.05, 3.63) is 16.5 Å². The van der Waals surface area contributed by atoms with E-state index in [9.17, 15) is 4.79 Å². The third-order valence-electron chi connectivity index (χ3n) is 2.12. The number of thiophene rings is 1. The SMILES string of the molecule is COCCNC(=S)Nc1cc(C)c(C(=O)OC)s1. The number of carbonyl (C=O) groups is 1. The van der Waals surface area contributed by atoms with E-state index in [2.05, 4.69) is 10.6 Å². The molecule has 0 spiro atoms. The first-order valence-corrected chi connectivity index (χ1v) is 6.53.